The van der Waals surface area contributed by atoms with E-state index in [-0.39, 0.29) is 22.7 Å². The number of methoxy groups -OCH3 is 1. The maximum atomic E-state index is 13.1. The quantitative estimate of drug-likeness (QED) is 0.790. The number of nitrogens with zero attached hydrogens (tertiary/aromatic N) is 2. The van der Waals surface area contributed by atoms with Gasteiger partial charge < -0.3 is 14.8 Å². The number of hydrogen-bond donors (Lipinski definition) is 1. The minimum atomic E-state index is 0.0265. The molecule has 6 heteroatoms. The van der Waals surface area contributed by atoms with Crippen molar-refractivity contribution in [1.29, 1.82) is 0 Å². The Morgan fingerprint density at radius 3 is 2.72 bits per heavy atom. The second-order valence-corrected chi connectivity index (χ2v) is 9.97. The Balaban J connectivity index is 1.68. The third-order valence-electron chi connectivity index (χ3n) is 6.38. The SMILES string of the molecule is COc1ncc(CN2C[C@H](C(=O)NCCC(C)(C)C)C3(CCOCC3)C2)cc1C. The van der Waals surface area contributed by atoms with Gasteiger partial charge in [-0.15, -0.1) is 0 Å². The van der Waals surface area contributed by atoms with Gasteiger partial charge in [-0.3, -0.25) is 9.69 Å². The van der Waals surface area contributed by atoms with E-state index in [9.17, 15) is 4.79 Å². The van der Waals surface area contributed by atoms with E-state index in [1.54, 1.807) is 7.11 Å². The summed E-state index contributed by atoms with van der Waals surface area (Å²) in [7, 11) is 1.65. The molecule has 3 heterocycles. The van der Waals surface area contributed by atoms with E-state index in [1.165, 1.54) is 5.56 Å². The lowest BCUT2D eigenvalue weighted by Gasteiger charge is -2.37. The lowest BCUT2D eigenvalue weighted by Crippen LogP contribution is -2.44. The highest BCUT2D eigenvalue weighted by Crippen LogP contribution is 2.44. The minimum Gasteiger partial charge on any atom is -0.481 e. The molecule has 2 saturated heterocycles. The number of likely N-dealkylation sites (tertiary alicyclic amines) is 1. The Morgan fingerprint density at radius 1 is 1.38 bits per heavy atom. The molecule has 0 saturated carbocycles. The van der Waals surface area contributed by atoms with E-state index in [2.05, 4.69) is 42.0 Å². The van der Waals surface area contributed by atoms with Crippen LogP contribution in [0.25, 0.3) is 0 Å². The molecule has 0 bridgehead atoms. The lowest BCUT2D eigenvalue weighted by atomic mass is 9.71. The number of amides is 1. The van der Waals surface area contributed by atoms with Crippen LogP contribution in [0.5, 0.6) is 5.88 Å². The Bertz CT molecular complexity index is 708. The fraction of sp³-hybridized carbons (Fsp3) is 0.739. The summed E-state index contributed by atoms with van der Waals surface area (Å²) in [5.74, 6) is 0.911. The van der Waals surface area contributed by atoms with Crippen molar-refractivity contribution in [2.45, 2.75) is 53.5 Å². The number of rotatable bonds is 6. The summed E-state index contributed by atoms with van der Waals surface area (Å²) in [4.78, 5) is 20.0. The van der Waals surface area contributed by atoms with Crippen molar-refractivity contribution in [1.82, 2.24) is 15.2 Å². The van der Waals surface area contributed by atoms with Crippen molar-refractivity contribution >= 4 is 5.91 Å². The molecule has 1 amide bonds. The van der Waals surface area contributed by atoms with Crippen molar-refractivity contribution in [3.05, 3.63) is 23.4 Å². The predicted octanol–water partition coefficient (Wildman–Crippen LogP) is 3.18. The number of pyridine rings is 1. The molecule has 0 radical (unpaired) electrons. The van der Waals surface area contributed by atoms with Crippen LogP contribution in [0.1, 0.15) is 51.2 Å². The zero-order chi connectivity index (χ0) is 21.1. The highest BCUT2D eigenvalue weighted by atomic mass is 16.5. The first-order valence-electron chi connectivity index (χ1n) is 10.8. The topological polar surface area (TPSA) is 63.7 Å². The summed E-state index contributed by atoms with van der Waals surface area (Å²) in [6.07, 6.45) is 4.79. The highest BCUT2D eigenvalue weighted by molar-refractivity contribution is 5.80. The molecule has 1 N–H and O–H groups in total. The molecule has 29 heavy (non-hydrogen) atoms. The molecule has 2 aliphatic heterocycles. The Hall–Kier alpha value is -1.66. The molecular weight excluding hydrogens is 366 g/mol. The van der Waals surface area contributed by atoms with E-state index in [0.29, 0.717) is 5.88 Å². The molecule has 2 fully saturated rings. The fourth-order valence-electron chi connectivity index (χ4n) is 4.70. The highest BCUT2D eigenvalue weighted by Gasteiger charge is 2.50. The zero-order valence-electron chi connectivity index (χ0n) is 18.7. The molecule has 1 atom stereocenters. The van der Waals surface area contributed by atoms with Crippen LogP contribution in [0.4, 0.5) is 0 Å². The standard InChI is InChI=1S/C23H37N3O3/c1-17-12-18(13-25-21(17)28-5)14-26-15-19(20(27)24-9-6-22(2,3)4)23(16-26)7-10-29-11-8-23/h12-13,19H,6-11,14-16H2,1-5H3,(H,24,27)/t19-/m1/s1. The predicted molar refractivity (Wildman–Crippen MR) is 114 cm³/mol. The van der Waals surface area contributed by atoms with Gasteiger partial charge in [0.1, 0.15) is 0 Å². The van der Waals surface area contributed by atoms with E-state index in [4.69, 9.17) is 9.47 Å². The van der Waals surface area contributed by atoms with Crippen LogP contribution in [0.15, 0.2) is 12.3 Å². The van der Waals surface area contributed by atoms with Crippen LogP contribution in [0.3, 0.4) is 0 Å². The Morgan fingerprint density at radius 2 is 2.10 bits per heavy atom. The van der Waals surface area contributed by atoms with Gasteiger partial charge in [-0.1, -0.05) is 20.8 Å². The summed E-state index contributed by atoms with van der Waals surface area (Å²) in [5.41, 5.74) is 2.46. The third-order valence-corrected chi connectivity index (χ3v) is 6.38. The van der Waals surface area contributed by atoms with Gasteiger partial charge in [0, 0.05) is 56.6 Å². The Labute approximate surface area is 175 Å². The molecule has 3 rings (SSSR count). The van der Waals surface area contributed by atoms with E-state index in [0.717, 1.165) is 64.2 Å². The third kappa shape index (κ3) is 5.48. The minimum absolute atomic E-state index is 0.0265. The van der Waals surface area contributed by atoms with Gasteiger partial charge in [0.15, 0.2) is 0 Å². The van der Waals surface area contributed by atoms with Gasteiger partial charge in [-0.25, -0.2) is 4.98 Å². The monoisotopic (exact) mass is 403 g/mol. The first kappa shape index (κ1) is 22.0. The number of aryl methyl sites for hydroxylation is 1. The van der Waals surface area contributed by atoms with Gasteiger partial charge in [-0.2, -0.15) is 0 Å². The molecule has 1 aromatic heterocycles. The van der Waals surface area contributed by atoms with Gasteiger partial charge in [-0.05, 0) is 43.2 Å². The van der Waals surface area contributed by atoms with Crippen molar-refractivity contribution in [2.24, 2.45) is 16.7 Å². The van der Waals surface area contributed by atoms with Crippen LogP contribution in [0, 0.1) is 23.7 Å². The van der Waals surface area contributed by atoms with Gasteiger partial charge in [0.25, 0.3) is 0 Å². The van der Waals surface area contributed by atoms with E-state index >= 15 is 0 Å². The summed E-state index contributed by atoms with van der Waals surface area (Å²) in [6, 6.07) is 2.14. The molecule has 162 valence electrons. The average Bonchev–Trinajstić information content (AvgIpc) is 2.98. The first-order chi connectivity index (χ1) is 13.7. The van der Waals surface area contributed by atoms with Crippen LogP contribution in [0.2, 0.25) is 0 Å². The number of ether oxygens (including phenoxy) is 2. The maximum Gasteiger partial charge on any atom is 0.225 e. The second kappa shape index (κ2) is 9.00. The van der Waals surface area contributed by atoms with Crippen molar-refractivity contribution in [2.75, 3.05) is 40.0 Å². The van der Waals surface area contributed by atoms with E-state index in [1.807, 2.05) is 13.1 Å². The number of aromatic nitrogens is 1. The molecule has 0 aliphatic carbocycles. The smallest absolute Gasteiger partial charge is 0.225 e. The Kier molecular flexibility index (Phi) is 6.84. The fourth-order valence-corrected chi connectivity index (χ4v) is 4.70. The number of nitrogens with one attached hydrogen (secondary N) is 1. The molecule has 1 spiro atoms. The van der Waals surface area contributed by atoms with E-state index < -0.39 is 0 Å². The van der Waals surface area contributed by atoms with Gasteiger partial charge >= 0.3 is 0 Å². The van der Waals surface area contributed by atoms with Crippen molar-refractivity contribution < 1.29 is 14.3 Å². The normalized spacial score (nSPS) is 22.0. The number of carbonyl (C=O) groups excluding carboxylic acids is 1. The van der Waals surface area contributed by atoms with Crippen LogP contribution in [-0.4, -0.2) is 55.7 Å². The van der Waals surface area contributed by atoms with Crippen molar-refractivity contribution in [3.8, 4) is 5.88 Å². The first-order valence-corrected chi connectivity index (χ1v) is 10.8. The largest absolute Gasteiger partial charge is 0.481 e. The van der Waals surface area contributed by atoms with Crippen LogP contribution >= 0.6 is 0 Å². The van der Waals surface area contributed by atoms with Crippen molar-refractivity contribution in [3.63, 3.8) is 0 Å². The maximum absolute atomic E-state index is 13.1. The van der Waals surface area contributed by atoms with Gasteiger partial charge in [0.05, 0.1) is 13.0 Å². The summed E-state index contributed by atoms with van der Waals surface area (Å²) < 4.78 is 10.9. The summed E-state index contributed by atoms with van der Waals surface area (Å²) in [6.45, 7) is 13.4. The zero-order valence-corrected chi connectivity index (χ0v) is 18.7. The molecule has 6 nitrogen and oxygen atoms in total. The number of hydrogen-bond acceptors (Lipinski definition) is 5. The van der Waals surface area contributed by atoms with Crippen LogP contribution in [-0.2, 0) is 16.1 Å². The average molecular weight is 404 g/mol. The summed E-state index contributed by atoms with van der Waals surface area (Å²) >= 11 is 0. The van der Waals surface area contributed by atoms with Crippen LogP contribution < -0.4 is 10.1 Å². The molecule has 0 unspecified atom stereocenters. The summed E-state index contributed by atoms with van der Waals surface area (Å²) in [5, 5.41) is 3.23. The molecule has 2 aliphatic rings. The second-order valence-electron chi connectivity index (χ2n) is 9.97. The molecule has 0 aromatic carbocycles. The molecule has 1 aromatic rings. The number of carbonyl (C=O) groups is 1. The van der Waals surface area contributed by atoms with Gasteiger partial charge in [0.2, 0.25) is 11.8 Å². The molecular formula is C23H37N3O3. The lowest BCUT2D eigenvalue weighted by molar-refractivity contribution is -0.129.